The minimum absolute atomic E-state index is 0.0250. The molecule has 1 saturated heterocycles. The van der Waals surface area contributed by atoms with Gasteiger partial charge in [0.25, 0.3) is 5.91 Å². The summed E-state index contributed by atoms with van der Waals surface area (Å²) in [7, 11) is 0. The van der Waals surface area contributed by atoms with Crippen molar-refractivity contribution in [2.24, 2.45) is 0 Å². The molecule has 0 saturated carbocycles. The van der Waals surface area contributed by atoms with Crippen molar-refractivity contribution >= 4 is 51.1 Å². The molecule has 1 aliphatic rings. The molecule has 1 fully saturated rings. The number of β-amino-alcohol motifs (C(OH)–C–C–N with tert-alkyl or cyclic N) is 1. The normalized spacial score (nSPS) is 17.2. The molecule has 0 unspecified atom stereocenters. The first kappa shape index (κ1) is 15.3. The number of hydrogen-bond donors (Lipinski definition) is 2. The molecule has 6 heteroatoms. The van der Waals surface area contributed by atoms with Crippen molar-refractivity contribution < 1.29 is 15.0 Å². The first-order valence-electron chi connectivity index (χ1n) is 6.06. The van der Waals surface area contributed by atoms with Crippen LogP contribution >= 0.6 is 45.2 Å². The Morgan fingerprint density at radius 1 is 1.42 bits per heavy atom. The second kappa shape index (κ2) is 5.72. The van der Waals surface area contributed by atoms with Crippen molar-refractivity contribution in [3.63, 3.8) is 0 Å². The summed E-state index contributed by atoms with van der Waals surface area (Å²) in [5.74, 6) is -0.188. The van der Waals surface area contributed by atoms with E-state index in [1.165, 1.54) is 0 Å². The maximum absolute atomic E-state index is 12.3. The van der Waals surface area contributed by atoms with Crippen LogP contribution in [0.15, 0.2) is 12.1 Å². The number of halogens is 2. The molecule has 19 heavy (non-hydrogen) atoms. The van der Waals surface area contributed by atoms with Gasteiger partial charge in [0.2, 0.25) is 0 Å². The third kappa shape index (κ3) is 3.15. The molecule has 2 rings (SSSR count). The highest BCUT2D eigenvalue weighted by atomic mass is 127. The van der Waals surface area contributed by atoms with Crippen molar-refractivity contribution in [2.45, 2.75) is 25.4 Å². The molecular formula is C13H15I2NO3. The fourth-order valence-corrected chi connectivity index (χ4v) is 4.18. The number of hydrogen-bond acceptors (Lipinski definition) is 3. The lowest BCUT2D eigenvalue weighted by atomic mass is 9.88. The molecule has 0 radical (unpaired) electrons. The summed E-state index contributed by atoms with van der Waals surface area (Å²) in [5, 5.41) is 20.1. The van der Waals surface area contributed by atoms with Crippen LogP contribution < -0.4 is 0 Å². The zero-order valence-electron chi connectivity index (χ0n) is 10.5. The topological polar surface area (TPSA) is 60.8 Å². The van der Waals surface area contributed by atoms with E-state index in [0.29, 0.717) is 28.6 Å². The standard InChI is InChI=1S/C13H15I2NO3/c1-2-3-13(19)6-16(7-13)12(18)9-4-8(14)5-10(15)11(9)17/h4-5,17,19H,2-3,6-7H2,1H3. The van der Waals surface area contributed by atoms with Gasteiger partial charge >= 0.3 is 0 Å². The highest BCUT2D eigenvalue weighted by Gasteiger charge is 2.43. The predicted molar refractivity (Wildman–Crippen MR) is 89.3 cm³/mol. The van der Waals surface area contributed by atoms with Crippen molar-refractivity contribution in [1.29, 1.82) is 0 Å². The number of phenols is 1. The lowest BCUT2D eigenvalue weighted by Crippen LogP contribution is -2.63. The number of carbonyl (C=O) groups is 1. The molecule has 1 aliphatic heterocycles. The number of aliphatic hydroxyl groups is 1. The van der Waals surface area contributed by atoms with Crippen LogP contribution in [0.2, 0.25) is 0 Å². The van der Waals surface area contributed by atoms with Crippen LogP contribution in [0.25, 0.3) is 0 Å². The second-order valence-corrected chi connectivity index (χ2v) is 7.33. The monoisotopic (exact) mass is 487 g/mol. The van der Waals surface area contributed by atoms with Gasteiger partial charge in [-0.05, 0) is 63.7 Å². The number of aromatic hydroxyl groups is 1. The molecule has 104 valence electrons. The average Bonchev–Trinajstić information content (AvgIpc) is 2.30. The third-order valence-corrected chi connectivity index (χ3v) is 4.68. The molecule has 0 atom stereocenters. The Morgan fingerprint density at radius 2 is 2.05 bits per heavy atom. The SMILES string of the molecule is CCCC1(O)CN(C(=O)c2cc(I)cc(I)c2O)C1. The van der Waals surface area contributed by atoms with Gasteiger partial charge in [-0.25, -0.2) is 0 Å². The van der Waals surface area contributed by atoms with E-state index in [0.717, 1.165) is 9.99 Å². The van der Waals surface area contributed by atoms with Crippen LogP contribution in [-0.4, -0.2) is 39.7 Å². The first-order valence-corrected chi connectivity index (χ1v) is 8.22. The number of nitrogens with zero attached hydrogens (tertiary/aromatic N) is 1. The number of rotatable bonds is 3. The van der Waals surface area contributed by atoms with Gasteiger partial charge in [0.05, 0.1) is 27.8 Å². The Bertz CT molecular complexity index is 513. The number of phenolic OH excluding ortho intramolecular Hbond substituents is 1. The van der Waals surface area contributed by atoms with Crippen molar-refractivity contribution in [2.75, 3.05) is 13.1 Å². The summed E-state index contributed by atoms with van der Waals surface area (Å²) >= 11 is 4.13. The second-order valence-electron chi connectivity index (χ2n) is 4.92. The Labute approximate surface area is 139 Å². The lowest BCUT2D eigenvalue weighted by Gasteiger charge is -2.46. The molecule has 0 spiro atoms. The van der Waals surface area contributed by atoms with E-state index >= 15 is 0 Å². The molecule has 2 N–H and O–H groups in total. The minimum atomic E-state index is -0.741. The van der Waals surface area contributed by atoms with E-state index in [9.17, 15) is 15.0 Å². The molecule has 1 aromatic carbocycles. The zero-order chi connectivity index (χ0) is 14.2. The van der Waals surface area contributed by atoms with Crippen molar-refractivity contribution in [3.8, 4) is 5.75 Å². The van der Waals surface area contributed by atoms with Crippen LogP contribution in [0.5, 0.6) is 5.75 Å². The Balaban J connectivity index is 2.15. The molecule has 1 aromatic rings. The van der Waals surface area contributed by atoms with Gasteiger partial charge in [-0.1, -0.05) is 13.3 Å². The molecular weight excluding hydrogens is 472 g/mol. The molecule has 1 amide bonds. The smallest absolute Gasteiger partial charge is 0.257 e. The van der Waals surface area contributed by atoms with Crippen LogP contribution in [-0.2, 0) is 0 Å². The number of likely N-dealkylation sites (tertiary alicyclic amines) is 1. The fourth-order valence-electron chi connectivity index (χ4n) is 2.33. The quantitative estimate of drug-likeness (QED) is 0.646. The van der Waals surface area contributed by atoms with E-state index in [2.05, 4.69) is 22.6 Å². The molecule has 1 heterocycles. The predicted octanol–water partition coefficient (Wildman–Crippen LogP) is 2.59. The first-order chi connectivity index (χ1) is 8.86. The lowest BCUT2D eigenvalue weighted by molar-refractivity contribution is -0.0860. The minimum Gasteiger partial charge on any atom is -0.506 e. The number of amides is 1. The van der Waals surface area contributed by atoms with Crippen LogP contribution in [0.3, 0.4) is 0 Å². The summed E-state index contributed by atoms with van der Waals surface area (Å²) < 4.78 is 1.57. The van der Waals surface area contributed by atoms with E-state index in [-0.39, 0.29) is 11.7 Å². The van der Waals surface area contributed by atoms with Gasteiger partial charge in [0, 0.05) is 3.57 Å². The molecule has 0 bridgehead atoms. The summed E-state index contributed by atoms with van der Waals surface area (Å²) in [4.78, 5) is 13.9. The highest BCUT2D eigenvalue weighted by Crippen LogP contribution is 2.32. The number of carbonyl (C=O) groups excluding carboxylic acids is 1. The van der Waals surface area contributed by atoms with Gasteiger partial charge in [-0.15, -0.1) is 0 Å². The highest BCUT2D eigenvalue weighted by molar-refractivity contribution is 14.1. The van der Waals surface area contributed by atoms with Crippen molar-refractivity contribution in [1.82, 2.24) is 4.90 Å². The fraction of sp³-hybridized carbons (Fsp3) is 0.462. The van der Waals surface area contributed by atoms with Gasteiger partial charge in [-0.3, -0.25) is 4.79 Å². The molecule has 4 nitrogen and oxygen atoms in total. The summed E-state index contributed by atoms with van der Waals surface area (Å²) in [6.07, 6.45) is 1.59. The zero-order valence-corrected chi connectivity index (χ0v) is 14.8. The molecule has 0 aromatic heterocycles. The van der Waals surface area contributed by atoms with E-state index in [4.69, 9.17) is 0 Å². The Morgan fingerprint density at radius 3 is 2.63 bits per heavy atom. The summed E-state index contributed by atoms with van der Waals surface area (Å²) in [6.45, 7) is 2.71. The average molecular weight is 487 g/mol. The summed E-state index contributed by atoms with van der Waals surface area (Å²) in [6, 6.07) is 3.49. The molecule has 0 aliphatic carbocycles. The summed E-state index contributed by atoms with van der Waals surface area (Å²) in [5.41, 5.74) is -0.426. The van der Waals surface area contributed by atoms with E-state index in [1.807, 2.05) is 35.6 Å². The van der Waals surface area contributed by atoms with Gasteiger partial charge in [-0.2, -0.15) is 0 Å². The van der Waals surface area contributed by atoms with E-state index in [1.54, 1.807) is 11.0 Å². The van der Waals surface area contributed by atoms with E-state index < -0.39 is 5.60 Å². The van der Waals surface area contributed by atoms with Crippen LogP contribution in [0.4, 0.5) is 0 Å². The largest absolute Gasteiger partial charge is 0.506 e. The van der Waals surface area contributed by atoms with Crippen LogP contribution in [0.1, 0.15) is 30.1 Å². The van der Waals surface area contributed by atoms with Crippen LogP contribution in [0, 0.1) is 7.14 Å². The maximum atomic E-state index is 12.3. The van der Waals surface area contributed by atoms with Gasteiger partial charge in [0.15, 0.2) is 0 Å². The van der Waals surface area contributed by atoms with Gasteiger partial charge < -0.3 is 15.1 Å². The number of benzene rings is 1. The van der Waals surface area contributed by atoms with Crippen molar-refractivity contribution in [3.05, 3.63) is 24.8 Å². The third-order valence-electron chi connectivity index (χ3n) is 3.23. The Kier molecular flexibility index (Phi) is 4.61. The van der Waals surface area contributed by atoms with Gasteiger partial charge in [0.1, 0.15) is 5.75 Å². The Hall–Kier alpha value is -0.0900. The maximum Gasteiger partial charge on any atom is 0.257 e.